The third-order valence-corrected chi connectivity index (χ3v) is 9.50. The summed E-state index contributed by atoms with van der Waals surface area (Å²) in [5.41, 5.74) is 7.13. The number of carbonyl (C=O) groups is 2. The zero-order valence-electron chi connectivity index (χ0n) is 26.5. The maximum atomic E-state index is 13.7. The van der Waals surface area contributed by atoms with Crippen LogP contribution in [0, 0.1) is 32.6 Å². The van der Waals surface area contributed by atoms with E-state index in [9.17, 15) is 14.4 Å². The molecule has 6 rings (SSSR count). The van der Waals surface area contributed by atoms with Crippen molar-refractivity contribution in [1.29, 1.82) is 0 Å². The van der Waals surface area contributed by atoms with Crippen LogP contribution < -0.4 is 20.7 Å². The van der Waals surface area contributed by atoms with Crippen LogP contribution in [0.1, 0.15) is 65.3 Å². The predicted octanol–water partition coefficient (Wildman–Crippen LogP) is 5.19. The molecule has 1 aromatic heterocycles. The molecule has 3 aliphatic rings. The average Bonchev–Trinajstić information content (AvgIpc) is 3.94. The number of hydrogen-bond acceptors (Lipinski definition) is 5. The molecule has 2 amide bonds. The highest BCUT2D eigenvalue weighted by atomic mass is 16.2. The van der Waals surface area contributed by atoms with Crippen molar-refractivity contribution in [2.45, 2.75) is 59.9 Å². The monoisotopic (exact) mass is 595 g/mol. The largest absolute Gasteiger partial charge is 0.369 e. The summed E-state index contributed by atoms with van der Waals surface area (Å²) >= 11 is 0. The van der Waals surface area contributed by atoms with Gasteiger partial charge in [0.2, 0.25) is 5.91 Å². The molecular formula is C36H45N5O3. The van der Waals surface area contributed by atoms with Gasteiger partial charge in [-0.2, -0.15) is 0 Å². The minimum Gasteiger partial charge on any atom is -0.369 e. The van der Waals surface area contributed by atoms with E-state index in [4.69, 9.17) is 0 Å². The molecule has 2 aromatic carbocycles. The van der Waals surface area contributed by atoms with Crippen molar-refractivity contribution in [1.82, 2.24) is 15.2 Å². The minimum atomic E-state index is -0.263. The van der Waals surface area contributed by atoms with Crippen molar-refractivity contribution >= 4 is 23.2 Å². The van der Waals surface area contributed by atoms with Crippen molar-refractivity contribution in [3.63, 3.8) is 0 Å². The van der Waals surface area contributed by atoms with Gasteiger partial charge in [-0.25, -0.2) is 0 Å². The molecule has 0 atom stereocenters. The van der Waals surface area contributed by atoms with Crippen molar-refractivity contribution in [3.8, 4) is 11.1 Å². The van der Waals surface area contributed by atoms with Gasteiger partial charge in [-0.15, -0.1) is 0 Å². The summed E-state index contributed by atoms with van der Waals surface area (Å²) in [5, 5.41) is 2.98. The van der Waals surface area contributed by atoms with E-state index in [0.717, 1.165) is 78.6 Å². The van der Waals surface area contributed by atoms with E-state index in [1.807, 2.05) is 44.7 Å². The maximum absolute atomic E-state index is 13.7. The fraction of sp³-hybridized carbons (Fsp3) is 0.472. The van der Waals surface area contributed by atoms with Crippen LogP contribution in [0.3, 0.4) is 0 Å². The number of aromatic amines is 1. The summed E-state index contributed by atoms with van der Waals surface area (Å²) in [6.07, 6.45) is 4.62. The fourth-order valence-electron chi connectivity index (χ4n) is 6.46. The number of nitrogens with one attached hydrogen (secondary N) is 2. The van der Waals surface area contributed by atoms with Crippen LogP contribution in [0.2, 0.25) is 0 Å². The highest BCUT2D eigenvalue weighted by Gasteiger charge is 2.34. The first-order chi connectivity index (χ1) is 21.2. The molecule has 2 aliphatic carbocycles. The Balaban J connectivity index is 1.27. The Kier molecular flexibility index (Phi) is 8.63. The third kappa shape index (κ3) is 6.60. The summed E-state index contributed by atoms with van der Waals surface area (Å²) in [6, 6.07) is 14.5. The van der Waals surface area contributed by atoms with Crippen LogP contribution in [-0.2, 0) is 11.3 Å². The summed E-state index contributed by atoms with van der Waals surface area (Å²) in [6.45, 7) is 13.8. The molecule has 232 valence electrons. The van der Waals surface area contributed by atoms with Gasteiger partial charge in [0.05, 0.1) is 0 Å². The van der Waals surface area contributed by atoms with E-state index >= 15 is 0 Å². The van der Waals surface area contributed by atoms with E-state index in [0.29, 0.717) is 17.7 Å². The minimum absolute atomic E-state index is 0.0653. The lowest BCUT2D eigenvalue weighted by Gasteiger charge is -2.36. The lowest BCUT2D eigenvalue weighted by Crippen LogP contribution is -2.47. The second-order valence-electron chi connectivity index (χ2n) is 12.9. The SMILES string of the molecule is CCN(C(=O)C1CC1)c1cc(-c2ccc(N3CCN(CC4CC4)CC3)cc2)cc(C(=O)NCc2c(C)cc(C)[nH]c2=O)c1C. The Hall–Kier alpha value is -3.91. The number of benzene rings is 2. The van der Waals surface area contributed by atoms with E-state index in [1.165, 1.54) is 25.1 Å². The molecule has 44 heavy (non-hydrogen) atoms. The second-order valence-corrected chi connectivity index (χ2v) is 12.9. The van der Waals surface area contributed by atoms with Crippen molar-refractivity contribution < 1.29 is 9.59 Å². The Morgan fingerprint density at radius 1 is 0.932 bits per heavy atom. The van der Waals surface area contributed by atoms with E-state index in [2.05, 4.69) is 50.4 Å². The van der Waals surface area contributed by atoms with Gasteiger partial charge >= 0.3 is 0 Å². The number of aromatic nitrogens is 1. The van der Waals surface area contributed by atoms with E-state index < -0.39 is 0 Å². The number of aryl methyl sites for hydroxylation is 2. The first-order valence-corrected chi connectivity index (χ1v) is 16.2. The second kappa shape index (κ2) is 12.6. The van der Waals surface area contributed by atoms with Gasteiger partial charge in [0.15, 0.2) is 0 Å². The molecule has 3 fully saturated rings. The highest BCUT2D eigenvalue weighted by Crippen LogP contribution is 2.37. The van der Waals surface area contributed by atoms with Gasteiger partial charge in [0.1, 0.15) is 0 Å². The first-order valence-electron chi connectivity index (χ1n) is 16.2. The number of anilines is 2. The first kappa shape index (κ1) is 30.1. The quantitative estimate of drug-likeness (QED) is 0.337. The zero-order valence-corrected chi connectivity index (χ0v) is 26.5. The lowest BCUT2D eigenvalue weighted by atomic mass is 9.96. The van der Waals surface area contributed by atoms with Crippen LogP contribution in [0.15, 0.2) is 47.3 Å². The smallest absolute Gasteiger partial charge is 0.253 e. The predicted molar refractivity (Wildman–Crippen MR) is 176 cm³/mol. The number of H-pyrrole nitrogens is 1. The van der Waals surface area contributed by atoms with Gasteiger partial charge in [0.25, 0.3) is 11.5 Å². The molecule has 1 aliphatic heterocycles. The summed E-state index contributed by atoms with van der Waals surface area (Å²) in [5.74, 6) is 0.845. The van der Waals surface area contributed by atoms with E-state index in [1.54, 1.807) is 0 Å². The Morgan fingerprint density at radius 3 is 2.25 bits per heavy atom. The van der Waals surface area contributed by atoms with Crippen molar-refractivity contribution in [3.05, 3.63) is 80.8 Å². The highest BCUT2D eigenvalue weighted by molar-refractivity contribution is 6.03. The van der Waals surface area contributed by atoms with Crippen molar-refractivity contribution in [2.24, 2.45) is 11.8 Å². The lowest BCUT2D eigenvalue weighted by molar-refractivity contribution is -0.119. The Labute approximate surface area is 260 Å². The number of nitrogens with zero attached hydrogens (tertiary/aromatic N) is 3. The van der Waals surface area contributed by atoms with Gasteiger partial charge in [0, 0.05) is 79.9 Å². The molecular weight excluding hydrogens is 550 g/mol. The number of piperazine rings is 1. The molecule has 0 radical (unpaired) electrons. The number of pyridine rings is 1. The molecule has 0 bridgehead atoms. The molecule has 1 saturated heterocycles. The molecule has 8 nitrogen and oxygen atoms in total. The Bertz CT molecular complexity index is 1600. The van der Waals surface area contributed by atoms with Crippen LogP contribution in [0.4, 0.5) is 11.4 Å². The molecule has 8 heteroatoms. The summed E-state index contributed by atoms with van der Waals surface area (Å²) in [7, 11) is 0. The van der Waals surface area contributed by atoms with Crippen LogP contribution >= 0.6 is 0 Å². The average molecular weight is 596 g/mol. The van der Waals surface area contributed by atoms with Gasteiger partial charge in [-0.3, -0.25) is 19.3 Å². The summed E-state index contributed by atoms with van der Waals surface area (Å²) in [4.78, 5) is 49.3. The normalized spacial score (nSPS) is 17.0. The third-order valence-electron chi connectivity index (χ3n) is 9.50. The standard InChI is InChI=1S/C36H45N5O3/c1-5-41(36(44)28-8-9-28)33-20-29(19-31(25(33)4)34(42)37-21-32-23(2)18-24(3)38-35(32)43)27-10-12-30(13-11-27)40-16-14-39(15-17-40)22-26-6-7-26/h10-13,18-20,26,28H,5-9,14-17,21-22H2,1-4H3,(H,37,42)(H,38,43). The molecule has 2 heterocycles. The summed E-state index contributed by atoms with van der Waals surface area (Å²) < 4.78 is 0. The fourth-order valence-corrected chi connectivity index (χ4v) is 6.46. The molecule has 2 saturated carbocycles. The van der Waals surface area contributed by atoms with Crippen LogP contribution in [0.5, 0.6) is 0 Å². The van der Waals surface area contributed by atoms with Crippen LogP contribution in [-0.4, -0.2) is 61.0 Å². The molecule has 0 spiro atoms. The Morgan fingerprint density at radius 2 is 1.64 bits per heavy atom. The van der Waals surface area contributed by atoms with Gasteiger partial charge in [-0.05, 0) is 112 Å². The number of rotatable bonds is 10. The number of hydrogen-bond donors (Lipinski definition) is 2. The van der Waals surface area contributed by atoms with E-state index in [-0.39, 0.29) is 29.8 Å². The topological polar surface area (TPSA) is 88.8 Å². The maximum Gasteiger partial charge on any atom is 0.253 e. The number of carbonyl (C=O) groups excluding carboxylic acids is 2. The van der Waals surface area contributed by atoms with Crippen molar-refractivity contribution in [2.75, 3.05) is 49.1 Å². The van der Waals surface area contributed by atoms with Gasteiger partial charge < -0.3 is 20.1 Å². The van der Waals surface area contributed by atoms with Gasteiger partial charge in [-0.1, -0.05) is 12.1 Å². The molecule has 2 N–H and O–H groups in total. The van der Waals surface area contributed by atoms with Crippen LogP contribution in [0.25, 0.3) is 11.1 Å². The molecule has 0 unspecified atom stereocenters. The molecule has 3 aromatic rings. The number of amides is 2. The zero-order chi connectivity index (χ0) is 31.0.